The number of amides is 1. The molecular weight excluding hydrogens is 486 g/mol. The van der Waals surface area contributed by atoms with Crippen LogP contribution in [0.15, 0.2) is 66.9 Å². The molecule has 0 radical (unpaired) electrons. The molecule has 1 fully saturated rings. The number of nitrogens with one attached hydrogen (secondary N) is 2. The zero-order valence-corrected chi connectivity index (χ0v) is 21.3. The molecule has 2 aromatic carbocycles. The Balaban J connectivity index is 1.36. The van der Waals surface area contributed by atoms with Gasteiger partial charge in [0.05, 0.1) is 39.9 Å². The molecule has 3 aromatic heterocycles. The monoisotopic (exact) mass is 513 g/mol. The summed E-state index contributed by atoms with van der Waals surface area (Å²) < 4.78 is 26.1. The van der Waals surface area contributed by atoms with E-state index >= 15 is 0 Å². The number of hydrogen-bond acceptors (Lipinski definition) is 5. The van der Waals surface area contributed by atoms with E-state index in [1.54, 1.807) is 4.68 Å². The molecule has 5 aromatic rings. The second-order valence-electron chi connectivity index (χ2n) is 9.57. The Hall–Kier alpha value is -3.98. The topological polar surface area (TPSA) is 110 Å². The van der Waals surface area contributed by atoms with E-state index in [9.17, 15) is 13.2 Å². The third kappa shape index (κ3) is 4.40. The van der Waals surface area contributed by atoms with Crippen LogP contribution in [0.3, 0.4) is 0 Å². The number of benzene rings is 2. The largest absolute Gasteiger partial charge is 0.361 e. The van der Waals surface area contributed by atoms with Gasteiger partial charge in [-0.15, -0.1) is 0 Å². The molecule has 0 saturated carbocycles. The van der Waals surface area contributed by atoms with E-state index in [2.05, 4.69) is 21.5 Å². The number of fused-ring (bicyclic) bond motifs is 2. The molecule has 0 bridgehead atoms. The van der Waals surface area contributed by atoms with Gasteiger partial charge in [0.2, 0.25) is 0 Å². The lowest BCUT2D eigenvalue weighted by molar-refractivity contribution is 0.0955. The van der Waals surface area contributed by atoms with Crippen LogP contribution >= 0.6 is 0 Å². The van der Waals surface area contributed by atoms with Gasteiger partial charge in [-0.2, -0.15) is 5.10 Å². The molecule has 9 heteroatoms. The lowest BCUT2D eigenvalue weighted by atomic mass is 10.0. The summed E-state index contributed by atoms with van der Waals surface area (Å²) in [4.78, 5) is 21.7. The summed E-state index contributed by atoms with van der Waals surface area (Å²) in [5.74, 6) is -0.0318. The van der Waals surface area contributed by atoms with Gasteiger partial charge in [0.15, 0.2) is 15.5 Å². The van der Waals surface area contributed by atoms with E-state index in [-0.39, 0.29) is 23.5 Å². The van der Waals surface area contributed by atoms with Crippen molar-refractivity contribution in [3.63, 3.8) is 0 Å². The van der Waals surface area contributed by atoms with Crippen molar-refractivity contribution in [1.29, 1.82) is 0 Å². The summed E-state index contributed by atoms with van der Waals surface area (Å²) in [6.45, 7) is 2.31. The maximum absolute atomic E-state index is 13.5. The highest BCUT2D eigenvalue weighted by Crippen LogP contribution is 2.32. The van der Waals surface area contributed by atoms with Crippen molar-refractivity contribution < 1.29 is 13.2 Å². The van der Waals surface area contributed by atoms with Crippen LogP contribution in [0.1, 0.15) is 34.1 Å². The number of aryl methyl sites for hydroxylation is 1. The van der Waals surface area contributed by atoms with Gasteiger partial charge in [-0.3, -0.25) is 4.79 Å². The number of H-pyrrole nitrogens is 1. The van der Waals surface area contributed by atoms with Crippen LogP contribution in [0.4, 0.5) is 0 Å². The highest BCUT2D eigenvalue weighted by Gasteiger charge is 2.32. The molecule has 6 rings (SSSR count). The van der Waals surface area contributed by atoms with Crippen molar-refractivity contribution in [1.82, 2.24) is 25.1 Å². The number of carbonyl (C=O) groups excluding carboxylic acids is 1. The molecular formula is C28H27N5O3S. The Morgan fingerprint density at radius 2 is 1.92 bits per heavy atom. The summed E-state index contributed by atoms with van der Waals surface area (Å²) in [6.07, 6.45) is 3.16. The van der Waals surface area contributed by atoms with Crippen LogP contribution in [-0.4, -0.2) is 52.1 Å². The standard InChI is InChI=1S/C28H27N5O3S/c1-18-26-23(28(34)29-13-11-20-16-30-24-10-6-5-9-22(20)24)15-25(19-7-3-2-4-8-19)31-27(26)33(32-18)21-12-14-37(35,36)17-21/h2-10,15-16,21,30H,11-14,17H2,1H3,(H,29,34). The van der Waals surface area contributed by atoms with Gasteiger partial charge < -0.3 is 10.3 Å². The normalized spacial score (nSPS) is 16.9. The smallest absolute Gasteiger partial charge is 0.252 e. The predicted octanol–water partition coefficient (Wildman–Crippen LogP) is 4.22. The summed E-state index contributed by atoms with van der Waals surface area (Å²) >= 11 is 0. The quantitative estimate of drug-likeness (QED) is 0.353. The first kappa shape index (κ1) is 23.4. The SMILES string of the molecule is Cc1nn(C2CCS(=O)(=O)C2)c2nc(-c3ccccc3)cc(C(=O)NCCc3c[nH]c4ccccc34)c12. The maximum Gasteiger partial charge on any atom is 0.252 e. The molecule has 4 heterocycles. The lowest BCUT2D eigenvalue weighted by Crippen LogP contribution is -2.26. The van der Waals surface area contributed by atoms with Gasteiger partial charge in [0.1, 0.15) is 0 Å². The van der Waals surface area contributed by atoms with Gasteiger partial charge in [-0.25, -0.2) is 18.1 Å². The number of hydrogen-bond donors (Lipinski definition) is 2. The molecule has 1 saturated heterocycles. The van der Waals surface area contributed by atoms with Crippen LogP contribution in [0, 0.1) is 6.92 Å². The van der Waals surface area contributed by atoms with Crippen LogP contribution in [0.2, 0.25) is 0 Å². The molecule has 0 aliphatic carbocycles. The molecule has 1 aliphatic rings. The summed E-state index contributed by atoms with van der Waals surface area (Å²) in [7, 11) is -3.11. The number of para-hydroxylation sites is 1. The first-order valence-electron chi connectivity index (χ1n) is 12.4. The number of sulfone groups is 1. The Kier molecular flexibility index (Phi) is 5.79. The van der Waals surface area contributed by atoms with E-state index in [1.165, 1.54) is 0 Å². The summed E-state index contributed by atoms with van der Waals surface area (Å²) in [6, 6.07) is 19.3. The fourth-order valence-corrected chi connectivity index (χ4v) is 6.91. The Bertz CT molecular complexity index is 1740. The molecule has 0 spiro atoms. The van der Waals surface area contributed by atoms with Crippen LogP contribution in [-0.2, 0) is 16.3 Å². The molecule has 1 atom stereocenters. The second kappa shape index (κ2) is 9.15. The molecule has 1 amide bonds. The summed E-state index contributed by atoms with van der Waals surface area (Å²) in [5.41, 5.74) is 5.44. The van der Waals surface area contributed by atoms with Crippen molar-refractivity contribution in [3.8, 4) is 11.3 Å². The number of nitrogens with zero attached hydrogens (tertiary/aromatic N) is 3. The van der Waals surface area contributed by atoms with Crippen LogP contribution in [0.25, 0.3) is 33.2 Å². The van der Waals surface area contributed by atoms with E-state index in [1.807, 2.05) is 67.7 Å². The highest BCUT2D eigenvalue weighted by molar-refractivity contribution is 7.91. The molecule has 8 nitrogen and oxygen atoms in total. The lowest BCUT2D eigenvalue weighted by Gasteiger charge is -2.12. The Labute approximate surface area is 214 Å². The number of pyridine rings is 1. The fraction of sp³-hybridized carbons (Fsp3) is 0.250. The molecule has 1 unspecified atom stereocenters. The number of carbonyl (C=O) groups is 1. The predicted molar refractivity (Wildman–Crippen MR) is 144 cm³/mol. The second-order valence-corrected chi connectivity index (χ2v) is 11.8. The van der Waals surface area contributed by atoms with Crippen molar-refractivity contribution in [2.75, 3.05) is 18.1 Å². The zero-order valence-electron chi connectivity index (χ0n) is 20.4. The number of rotatable bonds is 6. The Morgan fingerprint density at radius 1 is 1.14 bits per heavy atom. The molecule has 2 N–H and O–H groups in total. The number of aromatic nitrogens is 4. The van der Waals surface area contributed by atoms with Crippen molar-refractivity contribution in [2.45, 2.75) is 25.8 Å². The van der Waals surface area contributed by atoms with Crippen LogP contribution < -0.4 is 5.32 Å². The number of aromatic amines is 1. The van der Waals surface area contributed by atoms with Crippen molar-refractivity contribution >= 4 is 37.7 Å². The third-order valence-electron chi connectivity index (χ3n) is 7.06. The van der Waals surface area contributed by atoms with E-state index < -0.39 is 9.84 Å². The first-order chi connectivity index (χ1) is 17.9. The maximum atomic E-state index is 13.5. The van der Waals surface area contributed by atoms with E-state index in [0.29, 0.717) is 47.4 Å². The van der Waals surface area contributed by atoms with Gasteiger partial charge >= 0.3 is 0 Å². The van der Waals surface area contributed by atoms with Crippen LogP contribution in [0.5, 0.6) is 0 Å². The average molecular weight is 514 g/mol. The van der Waals surface area contributed by atoms with Crippen molar-refractivity contribution in [2.24, 2.45) is 0 Å². The van der Waals surface area contributed by atoms with E-state index in [4.69, 9.17) is 4.98 Å². The third-order valence-corrected chi connectivity index (χ3v) is 8.81. The summed E-state index contributed by atoms with van der Waals surface area (Å²) in [5, 5.41) is 9.57. The van der Waals surface area contributed by atoms with Crippen molar-refractivity contribution in [3.05, 3.63) is 83.7 Å². The van der Waals surface area contributed by atoms with Gasteiger partial charge in [0.25, 0.3) is 5.91 Å². The first-order valence-corrected chi connectivity index (χ1v) is 14.2. The molecule has 1 aliphatic heterocycles. The fourth-order valence-electron chi connectivity index (χ4n) is 5.22. The van der Waals surface area contributed by atoms with E-state index in [0.717, 1.165) is 22.0 Å². The van der Waals surface area contributed by atoms with Gasteiger partial charge in [-0.1, -0.05) is 48.5 Å². The minimum atomic E-state index is -3.11. The van der Waals surface area contributed by atoms with Gasteiger partial charge in [-0.05, 0) is 37.5 Å². The minimum Gasteiger partial charge on any atom is -0.361 e. The Morgan fingerprint density at radius 3 is 2.70 bits per heavy atom. The zero-order chi connectivity index (χ0) is 25.6. The molecule has 37 heavy (non-hydrogen) atoms. The average Bonchev–Trinajstić information content (AvgIpc) is 3.59. The molecule has 188 valence electrons. The highest BCUT2D eigenvalue weighted by atomic mass is 32.2. The van der Waals surface area contributed by atoms with Gasteiger partial charge in [0, 0.05) is 29.2 Å². The minimum absolute atomic E-state index is 0.0343.